The smallest absolute Gasteiger partial charge is 0.225 e. The second kappa shape index (κ2) is 8.08. The number of nitrogens with one attached hydrogen (secondary N) is 1. The van der Waals surface area contributed by atoms with Crippen molar-refractivity contribution in [2.45, 2.75) is 45.7 Å². The molecule has 1 saturated heterocycles. The highest BCUT2D eigenvalue weighted by Gasteiger charge is 2.28. The molecule has 1 aromatic heterocycles. The highest BCUT2D eigenvalue weighted by atomic mass is 35.5. The van der Waals surface area contributed by atoms with Crippen molar-refractivity contribution in [3.8, 4) is 0 Å². The Morgan fingerprint density at radius 2 is 2.19 bits per heavy atom. The van der Waals surface area contributed by atoms with Gasteiger partial charge in [0, 0.05) is 36.0 Å². The first-order valence-electron chi connectivity index (χ1n) is 9.13. The number of nitrogens with zero attached hydrogens (tertiary/aromatic N) is 3. The molecule has 1 atom stereocenters. The minimum atomic E-state index is -0.112. The van der Waals surface area contributed by atoms with Gasteiger partial charge in [-0.1, -0.05) is 11.6 Å². The van der Waals surface area contributed by atoms with E-state index < -0.39 is 0 Å². The van der Waals surface area contributed by atoms with Crippen molar-refractivity contribution in [3.63, 3.8) is 0 Å². The van der Waals surface area contributed by atoms with Crippen LogP contribution in [0.25, 0.3) is 10.9 Å². The number of carbonyl (C=O) groups is 2. The molecule has 3 rings (SSSR count). The average molecular weight is 377 g/mol. The predicted octanol–water partition coefficient (Wildman–Crippen LogP) is 2.84. The lowest BCUT2D eigenvalue weighted by molar-refractivity contribution is -0.136. The summed E-state index contributed by atoms with van der Waals surface area (Å²) in [6.07, 6.45) is 3.85. The molecule has 6 nitrogen and oxygen atoms in total. The molecule has 140 valence electrons. The van der Waals surface area contributed by atoms with E-state index in [1.807, 2.05) is 41.6 Å². The maximum atomic E-state index is 12.6. The van der Waals surface area contributed by atoms with Crippen LogP contribution >= 0.6 is 11.6 Å². The lowest BCUT2D eigenvalue weighted by Gasteiger charge is -2.32. The van der Waals surface area contributed by atoms with Gasteiger partial charge in [-0.2, -0.15) is 5.10 Å². The minimum absolute atomic E-state index is 0.0465. The quantitative estimate of drug-likeness (QED) is 0.872. The van der Waals surface area contributed by atoms with E-state index >= 15 is 0 Å². The van der Waals surface area contributed by atoms with Crippen LogP contribution in [0.3, 0.4) is 0 Å². The van der Waals surface area contributed by atoms with Gasteiger partial charge in [0.05, 0.1) is 24.2 Å². The normalized spacial score (nSPS) is 17.7. The summed E-state index contributed by atoms with van der Waals surface area (Å²) in [5.74, 6) is 0.00220. The molecule has 1 N–H and O–H groups in total. The van der Waals surface area contributed by atoms with Crippen molar-refractivity contribution in [1.29, 1.82) is 0 Å². The van der Waals surface area contributed by atoms with Crippen LogP contribution in [0.5, 0.6) is 0 Å². The van der Waals surface area contributed by atoms with E-state index in [-0.39, 0.29) is 23.8 Å². The Labute approximate surface area is 158 Å². The number of likely N-dealkylation sites (tertiary alicyclic amines) is 1. The van der Waals surface area contributed by atoms with Gasteiger partial charge < -0.3 is 10.2 Å². The van der Waals surface area contributed by atoms with E-state index in [9.17, 15) is 9.59 Å². The lowest BCUT2D eigenvalue weighted by atomic mass is 9.96. The zero-order valence-corrected chi connectivity index (χ0v) is 16.0. The number of hydrogen-bond acceptors (Lipinski definition) is 3. The van der Waals surface area contributed by atoms with Crippen LogP contribution in [0, 0.1) is 5.92 Å². The zero-order valence-electron chi connectivity index (χ0n) is 15.2. The third kappa shape index (κ3) is 4.36. The molecular formula is C19H25ClN4O2. The number of aryl methyl sites for hydroxylation is 1. The summed E-state index contributed by atoms with van der Waals surface area (Å²) in [5, 5.41) is 8.96. The molecule has 1 aromatic carbocycles. The monoisotopic (exact) mass is 376 g/mol. The van der Waals surface area contributed by atoms with Gasteiger partial charge in [-0.3, -0.25) is 14.3 Å². The molecule has 2 aromatic rings. The number of amides is 2. The van der Waals surface area contributed by atoms with Gasteiger partial charge in [-0.25, -0.2) is 0 Å². The molecule has 26 heavy (non-hydrogen) atoms. The Bertz CT molecular complexity index is 802. The first-order chi connectivity index (χ1) is 12.4. The highest BCUT2D eigenvalue weighted by Crippen LogP contribution is 2.20. The molecule has 1 aliphatic heterocycles. The van der Waals surface area contributed by atoms with Crippen LogP contribution in [0.15, 0.2) is 24.4 Å². The van der Waals surface area contributed by atoms with E-state index in [0.717, 1.165) is 30.3 Å². The minimum Gasteiger partial charge on any atom is -0.354 e. The number of hydrogen-bond donors (Lipinski definition) is 1. The van der Waals surface area contributed by atoms with Crippen LogP contribution in [0.4, 0.5) is 0 Å². The van der Waals surface area contributed by atoms with E-state index in [1.165, 1.54) is 0 Å². The van der Waals surface area contributed by atoms with Gasteiger partial charge in [0.2, 0.25) is 11.8 Å². The molecule has 7 heteroatoms. The average Bonchev–Trinajstić information content (AvgIpc) is 3.01. The topological polar surface area (TPSA) is 67.2 Å². The Morgan fingerprint density at radius 3 is 2.96 bits per heavy atom. The van der Waals surface area contributed by atoms with Crippen LogP contribution < -0.4 is 5.32 Å². The first kappa shape index (κ1) is 18.7. The largest absolute Gasteiger partial charge is 0.354 e. The zero-order chi connectivity index (χ0) is 18.7. The van der Waals surface area contributed by atoms with Crippen LogP contribution in [0.2, 0.25) is 5.02 Å². The van der Waals surface area contributed by atoms with E-state index in [1.54, 1.807) is 6.20 Å². The molecule has 0 aliphatic carbocycles. The molecule has 0 spiro atoms. The van der Waals surface area contributed by atoms with Crippen LogP contribution in [0.1, 0.15) is 33.1 Å². The second-order valence-corrected chi connectivity index (χ2v) is 7.60. The maximum absolute atomic E-state index is 12.6. The fourth-order valence-corrected chi connectivity index (χ4v) is 3.57. The summed E-state index contributed by atoms with van der Waals surface area (Å²) in [4.78, 5) is 26.6. The Balaban J connectivity index is 1.59. The van der Waals surface area contributed by atoms with Gasteiger partial charge in [-0.15, -0.1) is 0 Å². The van der Waals surface area contributed by atoms with Gasteiger partial charge in [0.1, 0.15) is 0 Å². The maximum Gasteiger partial charge on any atom is 0.225 e. The number of rotatable bonds is 5. The van der Waals surface area contributed by atoms with E-state index in [4.69, 9.17) is 11.6 Å². The summed E-state index contributed by atoms with van der Waals surface area (Å²) < 4.78 is 1.81. The summed E-state index contributed by atoms with van der Waals surface area (Å²) in [6, 6.07) is 5.73. The van der Waals surface area contributed by atoms with Crippen LogP contribution in [-0.2, 0) is 16.1 Å². The van der Waals surface area contributed by atoms with Crippen molar-refractivity contribution < 1.29 is 9.59 Å². The Kier molecular flexibility index (Phi) is 5.81. The molecule has 0 bridgehead atoms. The summed E-state index contributed by atoms with van der Waals surface area (Å²) >= 11 is 6.06. The summed E-state index contributed by atoms with van der Waals surface area (Å²) in [7, 11) is 0. The van der Waals surface area contributed by atoms with Crippen molar-refractivity contribution in [2.24, 2.45) is 5.92 Å². The third-order valence-corrected chi connectivity index (χ3v) is 4.96. The number of aromatic nitrogens is 2. The van der Waals surface area contributed by atoms with E-state index in [0.29, 0.717) is 24.5 Å². The van der Waals surface area contributed by atoms with Gasteiger partial charge in [0.15, 0.2) is 0 Å². The van der Waals surface area contributed by atoms with E-state index in [2.05, 4.69) is 10.4 Å². The number of fused-ring (bicyclic) bond motifs is 1. The van der Waals surface area contributed by atoms with Crippen molar-refractivity contribution in [1.82, 2.24) is 20.0 Å². The third-order valence-electron chi connectivity index (χ3n) is 4.72. The molecule has 1 fully saturated rings. The predicted molar refractivity (Wildman–Crippen MR) is 102 cm³/mol. The molecule has 1 aliphatic rings. The SMILES string of the molecule is CC(C)NC(=O)[C@@H]1CCCN(C(=O)CCn2ncc3ccc(Cl)cc32)C1. The van der Waals surface area contributed by atoms with Gasteiger partial charge in [0.25, 0.3) is 0 Å². The van der Waals surface area contributed by atoms with Crippen LogP contribution in [-0.4, -0.2) is 45.6 Å². The second-order valence-electron chi connectivity index (χ2n) is 7.16. The van der Waals surface area contributed by atoms with Crippen molar-refractivity contribution in [3.05, 3.63) is 29.4 Å². The Hall–Kier alpha value is -2.08. The standard InChI is InChI=1S/C19H25ClN4O2/c1-13(2)22-19(26)15-4-3-8-23(12-15)18(25)7-9-24-17-10-16(20)6-5-14(17)11-21-24/h5-6,10-11,13,15H,3-4,7-9,12H2,1-2H3,(H,22,26)/t15-/m1/s1. The summed E-state index contributed by atoms with van der Waals surface area (Å²) in [6.45, 7) is 5.62. The molecule has 0 saturated carbocycles. The molecule has 2 heterocycles. The number of halogens is 1. The number of benzene rings is 1. The number of piperidine rings is 1. The lowest BCUT2D eigenvalue weighted by Crippen LogP contribution is -2.46. The fourth-order valence-electron chi connectivity index (χ4n) is 3.40. The molecular weight excluding hydrogens is 352 g/mol. The molecule has 0 radical (unpaired) electrons. The summed E-state index contributed by atoms with van der Waals surface area (Å²) in [5.41, 5.74) is 0.929. The Morgan fingerprint density at radius 1 is 1.38 bits per heavy atom. The first-order valence-corrected chi connectivity index (χ1v) is 9.51. The van der Waals surface area contributed by atoms with Gasteiger partial charge >= 0.3 is 0 Å². The van der Waals surface area contributed by atoms with Gasteiger partial charge in [-0.05, 0) is 44.9 Å². The highest BCUT2D eigenvalue weighted by molar-refractivity contribution is 6.31. The molecule has 2 amide bonds. The molecule has 0 unspecified atom stereocenters. The van der Waals surface area contributed by atoms with Crippen molar-refractivity contribution >= 4 is 34.3 Å². The number of carbonyl (C=O) groups excluding carboxylic acids is 2. The fraction of sp³-hybridized carbons (Fsp3) is 0.526. The van der Waals surface area contributed by atoms with Crippen molar-refractivity contribution in [2.75, 3.05) is 13.1 Å².